The number of pyridine rings is 1. The first kappa shape index (κ1) is 13.9. The zero-order valence-corrected chi connectivity index (χ0v) is 12.3. The largest absolute Gasteiger partial charge is 0.497 e. The summed E-state index contributed by atoms with van der Waals surface area (Å²) in [5.74, 6) is 0.788. The molecule has 1 heterocycles. The zero-order chi connectivity index (χ0) is 14.8. The number of nitrogens with two attached hydrogens (primary N) is 1. The maximum absolute atomic E-state index is 12.7. The lowest BCUT2D eigenvalue weighted by Crippen LogP contribution is -2.29. The average Bonchev–Trinajstić information content (AvgIpc) is 2.54. The third-order valence-corrected chi connectivity index (χ3v) is 4.13. The van der Waals surface area contributed by atoms with Crippen LogP contribution in [-0.2, 0) is 19.4 Å². The smallest absolute Gasteiger partial charge is 0.259 e. The van der Waals surface area contributed by atoms with Gasteiger partial charge < -0.3 is 10.5 Å². The molecule has 21 heavy (non-hydrogen) atoms. The predicted octanol–water partition coefficient (Wildman–Crippen LogP) is 2.18. The fourth-order valence-corrected chi connectivity index (χ4v) is 3.01. The van der Waals surface area contributed by atoms with Gasteiger partial charge in [0, 0.05) is 23.5 Å². The molecule has 2 N–H and O–H groups in total. The van der Waals surface area contributed by atoms with Crippen molar-refractivity contribution in [1.29, 1.82) is 0 Å². The van der Waals surface area contributed by atoms with E-state index in [9.17, 15) is 4.79 Å². The van der Waals surface area contributed by atoms with Gasteiger partial charge in [0.05, 0.1) is 7.11 Å². The van der Waals surface area contributed by atoms with E-state index in [1.807, 2.05) is 34.9 Å². The van der Waals surface area contributed by atoms with E-state index in [0.717, 1.165) is 36.4 Å². The average molecular weight is 284 g/mol. The first-order chi connectivity index (χ1) is 10.2. The summed E-state index contributed by atoms with van der Waals surface area (Å²) in [6.45, 7) is 0.280. The van der Waals surface area contributed by atoms with Crippen molar-refractivity contribution in [3.05, 3.63) is 57.5 Å². The van der Waals surface area contributed by atoms with E-state index in [2.05, 4.69) is 0 Å². The Kier molecular flexibility index (Phi) is 3.80. The van der Waals surface area contributed by atoms with Crippen LogP contribution in [0.1, 0.15) is 29.7 Å². The number of hydrogen-bond donors (Lipinski definition) is 1. The Hall–Kier alpha value is -2.07. The monoisotopic (exact) mass is 284 g/mol. The second kappa shape index (κ2) is 5.74. The number of hydrogen-bond acceptors (Lipinski definition) is 3. The molecule has 0 atom stereocenters. The minimum Gasteiger partial charge on any atom is -0.497 e. The molecule has 0 amide bonds. The van der Waals surface area contributed by atoms with Crippen LogP contribution >= 0.6 is 0 Å². The van der Waals surface area contributed by atoms with Crippen LogP contribution < -0.4 is 16.0 Å². The van der Waals surface area contributed by atoms with E-state index < -0.39 is 0 Å². The van der Waals surface area contributed by atoms with Gasteiger partial charge in [-0.05, 0) is 61.6 Å². The standard InChI is InChI=1S/C17H20N2O2/c1-21-15-8-6-14(7-9-15)19-16-5-3-2-4-12(16)10-13(11-18)17(19)20/h6-10H,2-5,11,18H2,1H3. The molecule has 0 fully saturated rings. The maximum atomic E-state index is 12.7. The van der Waals surface area contributed by atoms with Crippen LogP contribution in [0.15, 0.2) is 35.1 Å². The van der Waals surface area contributed by atoms with Gasteiger partial charge in [0.1, 0.15) is 5.75 Å². The predicted molar refractivity (Wildman–Crippen MR) is 83.1 cm³/mol. The Labute approximate surface area is 124 Å². The third-order valence-electron chi connectivity index (χ3n) is 4.13. The molecule has 1 aliphatic rings. The molecule has 3 rings (SSSR count). The van der Waals surface area contributed by atoms with E-state index in [1.165, 1.54) is 12.0 Å². The fourth-order valence-electron chi connectivity index (χ4n) is 3.01. The number of nitrogens with zero attached hydrogens (tertiary/aromatic N) is 1. The van der Waals surface area contributed by atoms with Crippen LogP contribution in [-0.4, -0.2) is 11.7 Å². The number of ether oxygens (including phenoxy) is 1. The van der Waals surface area contributed by atoms with Crippen molar-refractivity contribution in [2.75, 3.05) is 7.11 Å². The number of aromatic nitrogens is 1. The zero-order valence-electron chi connectivity index (χ0n) is 12.3. The lowest BCUT2D eigenvalue weighted by atomic mass is 9.94. The molecule has 1 aromatic carbocycles. The molecule has 0 aliphatic heterocycles. The molecule has 0 radical (unpaired) electrons. The molecule has 110 valence electrons. The lowest BCUT2D eigenvalue weighted by molar-refractivity contribution is 0.414. The van der Waals surface area contributed by atoms with Crippen LogP contribution in [0, 0.1) is 0 Å². The van der Waals surface area contributed by atoms with E-state index in [4.69, 9.17) is 10.5 Å². The van der Waals surface area contributed by atoms with Gasteiger partial charge in [-0.1, -0.05) is 0 Å². The van der Waals surface area contributed by atoms with Crippen LogP contribution in [0.2, 0.25) is 0 Å². The summed E-state index contributed by atoms with van der Waals surface area (Å²) in [5, 5.41) is 0. The normalized spacial score (nSPS) is 13.8. The summed E-state index contributed by atoms with van der Waals surface area (Å²) in [6.07, 6.45) is 4.28. The summed E-state index contributed by atoms with van der Waals surface area (Å²) in [5.41, 5.74) is 9.71. The SMILES string of the molecule is COc1ccc(-n2c3c(cc(CN)c2=O)CCCC3)cc1. The molecule has 1 aromatic heterocycles. The number of aryl methyl sites for hydroxylation is 1. The summed E-state index contributed by atoms with van der Waals surface area (Å²) in [6, 6.07) is 9.61. The Bertz CT molecular complexity index is 702. The molecule has 0 bridgehead atoms. The van der Waals surface area contributed by atoms with Crippen molar-refractivity contribution in [2.24, 2.45) is 5.73 Å². The second-order valence-corrected chi connectivity index (χ2v) is 5.39. The molecule has 0 spiro atoms. The molecule has 1 aliphatic carbocycles. The van der Waals surface area contributed by atoms with Gasteiger partial charge in [0.2, 0.25) is 0 Å². The van der Waals surface area contributed by atoms with E-state index in [1.54, 1.807) is 7.11 Å². The summed E-state index contributed by atoms with van der Waals surface area (Å²) >= 11 is 0. The molecule has 0 saturated carbocycles. The van der Waals surface area contributed by atoms with Gasteiger partial charge in [-0.2, -0.15) is 0 Å². The number of rotatable bonds is 3. The third kappa shape index (κ3) is 2.47. The highest BCUT2D eigenvalue weighted by molar-refractivity contribution is 5.42. The Morgan fingerprint density at radius 2 is 1.90 bits per heavy atom. The molecule has 0 saturated heterocycles. The van der Waals surface area contributed by atoms with Crippen LogP contribution in [0.25, 0.3) is 5.69 Å². The molecular formula is C17H20N2O2. The highest BCUT2D eigenvalue weighted by Crippen LogP contribution is 2.24. The molecule has 4 nitrogen and oxygen atoms in total. The minimum atomic E-state index is 0.00307. The number of benzene rings is 1. The highest BCUT2D eigenvalue weighted by atomic mass is 16.5. The van der Waals surface area contributed by atoms with Crippen molar-refractivity contribution in [3.63, 3.8) is 0 Å². The molecular weight excluding hydrogens is 264 g/mol. The van der Waals surface area contributed by atoms with Crippen molar-refractivity contribution in [1.82, 2.24) is 4.57 Å². The number of fused-ring (bicyclic) bond motifs is 1. The molecule has 2 aromatic rings. The van der Waals surface area contributed by atoms with Crippen LogP contribution in [0.3, 0.4) is 0 Å². The maximum Gasteiger partial charge on any atom is 0.259 e. The van der Waals surface area contributed by atoms with E-state index >= 15 is 0 Å². The quantitative estimate of drug-likeness (QED) is 0.940. The Morgan fingerprint density at radius 3 is 2.57 bits per heavy atom. The van der Waals surface area contributed by atoms with E-state index in [-0.39, 0.29) is 12.1 Å². The van der Waals surface area contributed by atoms with Crippen molar-refractivity contribution >= 4 is 0 Å². The fraction of sp³-hybridized carbons (Fsp3) is 0.353. The Morgan fingerprint density at radius 1 is 1.19 bits per heavy atom. The summed E-state index contributed by atoms with van der Waals surface area (Å²) < 4.78 is 7.01. The van der Waals surface area contributed by atoms with Gasteiger partial charge in [0.15, 0.2) is 0 Å². The summed E-state index contributed by atoms with van der Waals surface area (Å²) in [4.78, 5) is 12.7. The van der Waals surface area contributed by atoms with Gasteiger partial charge in [-0.3, -0.25) is 9.36 Å². The van der Waals surface area contributed by atoms with Gasteiger partial charge in [0.25, 0.3) is 5.56 Å². The minimum absolute atomic E-state index is 0.00307. The molecule has 4 heteroatoms. The van der Waals surface area contributed by atoms with Gasteiger partial charge >= 0.3 is 0 Å². The van der Waals surface area contributed by atoms with E-state index in [0.29, 0.717) is 5.56 Å². The molecule has 0 unspecified atom stereocenters. The first-order valence-corrected chi connectivity index (χ1v) is 7.35. The highest BCUT2D eigenvalue weighted by Gasteiger charge is 2.18. The second-order valence-electron chi connectivity index (χ2n) is 5.39. The first-order valence-electron chi connectivity index (χ1n) is 7.35. The van der Waals surface area contributed by atoms with Crippen LogP contribution in [0.4, 0.5) is 0 Å². The topological polar surface area (TPSA) is 57.2 Å². The Balaban J connectivity index is 2.21. The van der Waals surface area contributed by atoms with Gasteiger partial charge in [-0.25, -0.2) is 0 Å². The van der Waals surface area contributed by atoms with Gasteiger partial charge in [-0.15, -0.1) is 0 Å². The summed E-state index contributed by atoms with van der Waals surface area (Å²) in [7, 11) is 1.64. The van der Waals surface area contributed by atoms with Crippen molar-refractivity contribution in [2.45, 2.75) is 32.2 Å². The lowest BCUT2D eigenvalue weighted by Gasteiger charge is -2.22. The van der Waals surface area contributed by atoms with Crippen molar-refractivity contribution in [3.8, 4) is 11.4 Å². The van der Waals surface area contributed by atoms with Crippen LogP contribution in [0.5, 0.6) is 5.75 Å². The number of methoxy groups -OCH3 is 1. The van der Waals surface area contributed by atoms with Crippen molar-refractivity contribution < 1.29 is 4.74 Å².